The van der Waals surface area contributed by atoms with E-state index in [9.17, 15) is 5.11 Å². The molecule has 0 saturated carbocycles. The molecule has 2 aliphatic rings. The molecule has 1 aromatic carbocycles. The number of para-hydroxylation sites is 1. The minimum Gasteiger partial charge on any atom is -0.389 e. The van der Waals surface area contributed by atoms with Gasteiger partial charge in [-0.1, -0.05) is 31.5 Å². The summed E-state index contributed by atoms with van der Waals surface area (Å²) in [6.45, 7) is 7.60. The van der Waals surface area contributed by atoms with E-state index in [2.05, 4.69) is 22.0 Å². The van der Waals surface area contributed by atoms with Gasteiger partial charge in [0, 0.05) is 12.6 Å². The normalized spacial score (nSPS) is 28.5. The van der Waals surface area contributed by atoms with E-state index in [1.807, 2.05) is 44.2 Å². The third kappa shape index (κ3) is 4.53. The molecule has 0 aliphatic carbocycles. The van der Waals surface area contributed by atoms with E-state index in [0.29, 0.717) is 18.3 Å². The number of β-amino-alcohol motifs (C(OH)–C–C–N with tert-alkyl or cyclic N) is 1. The van der Waals surface area contributed by atoms with E-state index in [0.717, 1.165) is 18.7 Å². The van der Waals surface area contributed by atoms with Gasteiger partial charge in [0.25, 0.3) is 0 Å². The Morgan fingerprint density at radius 1 is 1.21 bits per heavy atom. The van der Waals surface area contributed by atoms with Crippen molar-refractivity contribution in [1.29, 1.82) is 0 Å². The molecule has 7 nitrogen and oxygen atoms in total. The maximum Gasteiger partial charge on any atom is 0.164 e. The monoisotopic (exact) mass is 400 g/mol. The van der Waals surface area contributed by atoms with Gasteiger partial charge >= 0.3 is 0 Å². The molecule has 2 aliphatic heterocycles. The van der Waals surface area contributed by atoms with Crippen LogP contribution in [0.5, 0.6) is 0 Å². The summed E-state index contributed by atoms with van der Waals surface area (Å²) in [5.41, 5.74) is 1.56. The fourth-order valence-corrected chi connectivity index (χ4v) is 4.50. The Bertz CT molecular complexity index is 794. The van der Waals surface area contributed by atoms with E-state index in [4.69, 9.17) is 9.47 Å². The van der Waals surface area contributed by atoms with Crippen LogP contribution in [0.2, 0.25) is 0 Å². The van der Waals surface area contributed by atoms with Crippen molar-refractivity contribution in [2.45, 2.75) is 76.6 Å². The predicted molar refractivity (Wildman–Crippen MR) is 110 cm³/mol. The molecule has 1 N–H and O–H groups in total. The number of hydrogen-bond acceptors (Lipinski definition) is 6. The number of aromatic nitrogens is 3. The number of benzene rings is 1. The van der Waals surface area contributed by atoms with E-state index in [-0.39, 0.29) is 0 Å². The zero-order valence-electron chi connectivity index (χ0n) is 17.6. The van der Waals surface area contributed by atoms with E-state index < -0.39 is 24.1 Å². The highest BCUT2D eigenvalue weighted by atomic mass is 16.8. The third-order valence-electron chi connectivity index (χ3n) is 5.94. The van der Waals surface area contributed by atoms with Gasteiger partial charge in [0.2, 0.25) is 0 Å². The van der Waals surface area contributed by atoms with Gasteiger partial charge < -0.3 is 14.6 Å². The van der Waals surface area contributed by atoms with Crippen molar-refractivity contribution in [2.75, 3.05) is 13.1 Å². The van der Waals surface area contributed by atoms with Crippen molar-refractivity contribution in [3.63, 3.8) is 0 Å². The van der Waals surface area contributed by atoms with Gasteiger partial charge in [0.05, 0.1) is 18.0 Å². The van der Waals surface area contributed by atoms with Crippen molar-refractivity contribution in [3.8, 4) is 5.69 Å². The summed E-state index contributed by atoms with van der Waals surface area (Å²) in [5, 5.41) is 20.1. The van der Waals surface area contributed by atoms with E-state index in [1.54, 1.807) is 11.0 Å². The average Bonchev–Trinajstić information content (AvgIpc) is 3.33. The Hall–Kier alpha value is -1.80. The summed E-state index contributed by atoms with van der Waals surface area (Å²) in [6, 6.07) is 10.3. The number of hydrogen-bond donors (Lipinski definition) is 1. The third-order valence-corrected chi connectivity index (χ3v) is 5.94. The summed E-state index contributed by atoms with van der Waals surface area (Å²) in [4.78, 5) is 3.99. The van der Waals surface area contributed by atoms with Crippen molar-refractivity contribution in [1.82, 2.24) is 19.9 Å². The van der Waals surface area contributed by atoms with Gasteiger partial charge in [-0.2, -0.15) is 15.0 Å². The lowest BCUT2D eigenvalue weighted by Gasteiger charge is -2.37. The molecule has 2 fully saturated rings. The first-order chi connectivity index (χ1) is 14.0. The Balaban J connectivity index is 1.52. The number of likely N-dealkylation sites (tertiary alicyclic amines) is 1. The van der Waals surface area contributed by atoms with Crippen molar-refractivity contribution < 1.29 is 14.6 Å². The smallest absolute Gasteiger partial charge is 0.164 e. The van der Waals surface area contributed by atoms with Crippen LogP contribution in [-0.2, 0) is 9.47 Å². The second-order valence-electron chi connectivity index (χ2n) is 8.54. The van der Waals surface area contributed by atoms with Crippen LogP contribution < -0.4 is 0 Å². The highest BCUT2D eigenvalue weighted by molar-refractivity contribution is 5.28. The molecule has 4 atom stereocenters. The van der Waals surface area contributed by atoms with Gasteiger partial charge in [0.15, 0.2) is 5.79 Å². The lowest BCUT2D eigenvalue weighted by Crippen LogP contribution is -2.47. The van der Waals surface area contributed by atoms with Crippen LogP contribution in [-0.4, -0.2) is 62.1 Å². The summed E-state index contributed by atoms with van der Waals surface area (Å²) < 4.78 is 12.3. The zero-order chi connectivity index (χ0) is 20.4. The number of piperidine rings is 1. The molecule has 2 saturated heterocycles. The van der Waals surface area contributed by atoms with Gasteiger partial charge in [0.1, 0.15) is 17.9 Å². The first-order valence-corrected chi connectivity index (χ1v) is 10.7. The number of ether oxygens (including phenoxy) is 2. The van der Waals surface area contributed by atoms with Gasteiger partial charge in [-0.3, -0.25) is 4.90 Å². The summed E-state index contributed by atoms with van der Waals surface area (Å²) >= 11 is 0. The van der Waals surface area contributed by atoms with E-state index in [1.165, 1.54) is 19.3 Å². The molecule has 7 heteroatoms. The molecule has 0 spiro atoms. The summed E-state index contributed by atoms with van der Waals surface area (Å²) in [5.74, 6) is -0.779. The SMILES string of the molecule is CCC1CCCCN1CC(O)C1OC(C)(C)OC1c1cnn(-c2ccccc2)n1. The summed E-state index contributed by atoms with van der Waals surface area (Å²) in [7, 11) is 0. The van der Waals surface area contributed by atoms with Crippen LogP contribution in [0.25, 0.3) is 5.69 Å². The zero-order valence-corrected chi connectivity index (χ0v) is 17.6. The van der Waals surface area contributed by atoms with Crippen LogP contribution in [0.15, 0.2) is 36.5 Å². The fourth-order valence-electron chi connectivity index (χ4n) is 4.50. The highest BCUT2D eigenvalue weighted by Gasteiger charge is 2.47. The molecule has 4 rings (SSSR count). The second-order valence-corrected chi connectivity index (χ2v) is 8.54. The standard InChI is InChI=1S/C22H32N4O3/c1-4-16-10-8-9-13-25(16)15-19(27)21-20(28-22(2,3)29-21)18-14-23-26(24-18)17-11-6-5-7-12-17/h5-7,11-12,14,16,19-21,27H,4,8-10,13,15H2,1-3H3. The predicted octanol–water partition coefficient (Wildman–Crippen LogP) is 3.09. The Morgan fingerprint density at radius 3 is 2.76 bits per heavy atom. The highest BCUT2D eigenvalue weighted by Crippen LogP contribution is 2.39. The number of aliphatic hydroxyl groups excluding tert-OH is 1. The largest absolute Gasteiger partial charge is 0.389 e. The van der Waals surface area contributed by atoms with Crippen molar-refractivity contribution in [2.24, 2.45) is 0 Å². The van der Waals surface area contributed by atoms with Crippen LogP contribution in [0.1, 0.15) is 58.3 Å². The van der Waals surface area contributed by atoms with Gasteiger partial charge in [-0.05, 0) is 51.8 Å². The maximum atomic E-state index is 11.1. The molecule has 0 bridgehead atoms. The number of nitrogens with zero attached hydrogens (tertiary/aromatic N) is 4. The lowest BCUT2D eigenvalue weighted by atomic mass is 9.98. The fraction of sp³-hybridized carbons (Fsp3) is 0.636. The maximum absolute atomic E-state index is 11.1. The van der Waals surface area contributed by atoms with Gasteiger partial charge in [-0.25, -0.2) is 0 Å². The molecule has 29 heavy (non-hydrogen) atoms. The second kappa shape index (κ2) is 8.52. The summed E-state index contributed by atoms with van der Waals surface area (Å²) in [6.07, 6.45) is 4.87. The van der Waals surface area contributed by atoms with Gasteiger partial charge in [-0.15, -0.1) is 0 Å². The van der Waals surface area contributed by atoms with Crippen molar-refractivity contribution in [3.05, 3.63) is 42.2 Å². The number of aliphatic hydroxyl groups is 1. The molecular weight excluding hydrogens is 368 g/mol. The lowest BCUT2D eigenvalue weighted by molar-refractivity contribution is -0.157. The molecule has 0 amide bonds. The van der Waals surface area contributed by atoms with E-state index >= 15 is 0 Å². The topological polar surface area (TPSA) is 72.6 Å². The minimum absolute atomic E-state index is 0.456. The molecule has 3 heterocycles. The van der Waals surface area contributed by atoms with Crippen LogP contribution in [0.3, 0.4) is 0 Å². The minimum atomic E-state index is -0.779. The van der Waals surface area contributed by atoms with Crippen molar-refractivity contribution >= 4 is 0 Å². The molecule has 4 unspecified atom stereocenters. The molecule has 158 valence electrons. The Morgan fingerprint density at radius 2 is 2.00 bits per heavy atom. The first-order valence-electron chi connectivity index (χ1n) is 10.7. The number of rotatable bonds is 6. The Labute approximate surface area is 172 Å². The molecule has 2 aromatic rings. The van der Waals surface area contributed by atoms with Crippen LogP contribution >= 0.6 is 0 Å². The molecular formula is C22H32N4O3. The molecule has 1 aromatic heterocycles. The van der Waals surface area contributed by atoms with Crippen LogP contribution in [0.4, 0.5) is 0 Å². The quantitative estimate of drug-likeness (QED) is 0.803. The molecule has 0 radical (unpaired) electrons. The first kappa shape index (κ1) is 20.5. The van der Waals surface area contributed by atoms with Crippen LogP contribution in [0, 0.1) is 0 Å². The average molecular weight is 401 g/mol. The Kier molecular flexibility index (Phi) is 6.01.